The molecule has 0 aliphatic heterocycles. The standard InChI is InChI=1S/C7H12N4O/c1-3-5-9-6(11-8)4-7(10-5)12-2/h4H,3,8H2,1-2H3,(H,9,10,11). The summed E-state index contributed by atoms with van der Waals surface area (Å²) in [6.07, 6.45) is 0.756. The fourth-order valence-electron chi connectivity index (χ4n) is 0.809. The van der Waals surface area contributed by atoms with Gasteiger partial charge in [0, 0.05) is 12.5 Å². The number of anilines is 1. The third kappa shape index (κ3) is 1.82. The summed E-state index contributed by atoms with van der Waals surface area (Å²) in [4.78, 5) is 8.18. The summed E-state index contributed by atoms with van der Waals surface area (Å²) in [5.41, 5.74) is 2.45. The summed E-state index contributed by atoms with van der Waals surface area (Å²) in [6.45, 7) is 1.97. The van der Waals surface area contributed by atoms with E-state index in [1.54, 1.807) is 13.2 Å². The Balaban J connectivity index is 3.01. The van der Waals surface area contributed by atoms with Crippen LogP contribution in [0.4, 0.5) is 5.82 Å². The summed E-state index contributed by atoms with van der Waals surface area (Å²) in [5, 5.41) is 0. The number of aryl methyl sites for hydroxylation is 1. The third-order valence-corrected chi connectivity index (χ3v) is 1.42. The number of nitrogens with two attached hydrogens (primary N) is 1. The number of ether oxygens (including phenoxy) is 1. The average molecular weight is 168 g/mol. The van der Waals surface area contributed by atoms with E-state index in [9.17, 15) is 0 Å². The zero-order valence-corrected chi connectivity index (χ0v) is 7.16. The third-order valence-electron chi connectivity index (χ3n) is 1.42. The van der Waals surface area contributed by atoms with E-state index >= 15 is 0 Å². The minimum Gasteiger partial charge on any atom is -0.481 e. The SMILES string of the molecule is CCc1nc(NN)cc(OC)n1. The number of nitrogen functional groups attached to an aromatic ring is 1. The van der Waals surface area contributed by atoms with E-state index in [1.165, 1.54) is 0 Å². The van der Waals surface area contributed by atoms with Crippen LogP contribution in [0.5, 0.6) is 5.88 Å². The number of hydrogen-bond donors (Lipinski definition) is 2. The molecule has 1 rings (SSSR count). The van der Waals surface area contributed by atoms with Gasteiger partial charge in [0.1, 0.15) is 11.6 Å². The van der Waals surface area contributed by atoms with Gasteiger partial charge in [0.05, 0.1) is 7.11 Å². The highest BCUT2D eigenvalue weighted by molar-refractivity contribution is 5.36. The minimum absolute atomic E-state index is 0.523. The van der Waals surface area contributed by atoms with Crippen molar-refractivity contribution in [2.75, 3.05) is 12.5 Å². The molecule has 0 saturated carbocycles. The molecular formula is C7H12N4O. The van der Waals surface area contributed by atoms with Gasteiger partial charge in [-0.2, -0.15) is 4.98 Å². The molecule has 0 bridgehead atoms. The van der Waals surface area contributed by atoms with Crippen molar-refractivity contribution in [3.05, 3.63) is 11.9 Å². The van der Waals surface area contributed by atoms with E-state index in [4.69, 9.17) is 10.6 Å². The van der Waals surface area contributed by atoms with Crippen LogP contribution in [-0.2, 0) is 6.42 Å². The molecule has 1 heterocycles. The van der Waals surface area contributed by atoms with E-state index in [0.717, 1.165) is 6.42 Å². The first-order valence-corrected chi connectivity index (χ1v) is 3.68. The molecular weight excluding hydrogens is 156 g/mol. The molecule has 66 valence electrons. The maximum Gasteiger partial charge on any atom is 0.218 e. The molecule has 1 aromatic rings. The van der Waals surface area contributed by atoms with Crippen molar-refractivity contribution in [3.8, 4) is 5.88 Å². The first kappa shape index (κ1) is 8.73. The van der Waals surface area contributed by atoms with Crippen molar-refractivity contribution in [1.29, 1.82) is 0 Å². The average Bonchev–Trinajstić information content (AvgIpc) is 2.16. The predicted molar refractivity (Wildman–Crippen MR) is 45.8 cm³/mol. The lowest BCUT2D eigenvalue weighted by atomic mass is 10.4. The van der Waals surface area contributed by atoms with Gasteiger partial charge in [-0.05, 0) is 0 Å². The van der Waals surface area contributed by atoms with Crippen molar-refractivity contribution in [3.63, 3.8) is 0 Å². The van der Waals surface area contributed by atoms with Crippen LogP contribution < -0.4 is 16.0 Å². The molecule has 0 aliphatic rings. The lowest BCUT2D eigenvalue weighted by Crippen LogP contribution is -2.10. The molecule has 0 unspecified atom stereocenters. The molecule has 0 radical (unpaired) electrons. The molecule has 12 heavy (non-hydrogen) atoms. The van der Waals surface area contributed by atoms with E-state index in [-0.39, 0.29) is 0 Å². The second kappa shape index (κ2) is 3.87. The van der Waals surface area contributed by atoms with Crippen LogP contribution in [0.3, 0.4) is 0 Å². The Labute approximate surface area is 70.9 Å². The van der Waals surface area contributed by atoms with Gasteiger partial charge in [-0.1, -0.05) is 6.92 Å². The van der Waals surface area contributed by atoms with Crippen LogP contribution in [0.1, 0.15) is 12.7 Å². The van der Waals surface area contributed by atoms with Crippen LogP contribution in [0.25, 0.3) is 0 Å². The summed E-state index contributed by atoms with van der Waals surface area (Å²) in [7, 11) is 1.56. The number of nitrogens with one attached hydrogen (secondary N) is 1. The Morgan fingerprint density at radius 3 is 2.83 bits per heavy atom. The summed E-state index contributed by atoms with van der Waals surface area (Å²) in [5.74, 6) is 7.00. The second-order valence-electron chi connectivity index (χ2n) is 2.21. The fourth-order valence-corrected chi connectivity index (χ4v) is 0.809. The van der Waals surface area contributed by atoms with Gasteiger partial charge in [-0.3, -0.25) is 0 Å². The van der Waals surface area contributed by atoms with E-state index in [1.807, 2.05) is 6.92 Å². The van der Waals surface area contributed by atoms with Gasteiger partial charge in [-0.25, -0.2) is 10.8 Å². The topological polar surface area (TPSA) is 73.1 Å². The Morgan fingerprint density at radius 1 is 1.58 bits per heavy atom. The van der Waals surface area contributed by atoms with Crippen molar-refractivity contribution in [2.45, 2.75) is 13.3 Å². The van der Waals surface area contributed by atoms with Crippen LogP contribution in [0.15, 0.2) is 6.07 Å². The highest BCUT2D eigenvalue weighted by Crippen LogP contribution is 2.11. The van der Waals surface area contributed by atoms with Gasteiger partial charge in [0.2, 0.25) is 5.88 Å². The van der Waals surface area contributed by atoms with E-state index in [0.29, 0.717) is 17.5 Å². The number of aromatic nitrogens is 2. The zero-order valence-electron chi connectivity index (χ0n) is 7.16. The maximum absolute atomic E-state index is 5.20. The smallest absolute Gasteiger partial charge is 0.218 e. The number of rotatable bonds is 3. The number of nitrogens with zero attached hydrogens (tertiary/aromatic N) is 2. The molecule has 0 saturated heterocycles. The number of hydrazine groups is 1. The lowest BCUT2D eigenvalue weighted by molar-refractivity contribution is 0.395. The van der Waals surface area contributed by atoms with Crippen LogP contribution in [0.2, 0.25) is 0 Å². The van der Waals surface area contributed by atoms with Gasteiger partial charge in [0.15, 0.2) is 0 Å². The maximum atomic E-state index is 5.20. The van der Waals surface area contributed by atoms with Crippen LogP contribution in [0, 0.1) is 0 Å². The molecule has 0 aromatic carbocycles. The number of methoxy groups -OCH3 is 1. The molecule has 0 spiro atoms. The predicted octanol–water partition coefficient (Wildman–Crippen LogP) is 0.333. The number of hydrogen-bond acceptors (Lipinski definition) is 5. The molecule has 5 heteroatoms. The molecule has 0 fully saturated rings. The van der Waals surface area contributed by atoms with Crippen molar-refractivity contribution in [1.82, 2.24) is 9.97 Å². The molecule has 5 nitrogen and oxygen atoms in total. The first-order chi connectivity index (χ1) is 5.80. The van der Waals surface area contributed by atoms with E-state index in [2.05, 4.69) is 15.4 Å². The van der Waals surface area contributed by atoms with Crippen LogP contribution >= 0.6 is 0 Å². The fraction of sp³-hybridized carbons (Fsp3) is 0.429. The summed E-state index contributed by atoms with van der Waals surface area (Å²) < 4.78 is 4.95. The quantitative estimate of drug-likeness (QED) is 0.502. The molecule has 0 amide bonds. The highest BCUT2D eigenvalue weighted by atomic mass is 16.5. The molecule has 3 N–H and O–H groups in total. The Bertz CT molecular complexity index is 208. The monoisotopic (exact) mass is 168 g/mol. The van der Waals surface area contributed by atoms with Gasteiger partial charge in [0.25, 0.3) is 0 Å². The normalized spacial score (nSPS) is 9.58. The Hall–Kier alpha value is -1.36. The Morgan fingerprint density at radius 2 is 2.33 bits per heavy atom. The lowest BCUT2D eigenvalue weighted by Gasteiger charge is -2.04. The molecule has 0 atom stereocenters. The van der Waals surface area contributed by atoms with Crippen molar-refractivity contribution >= 4 is 5.82 Å². The largest absolute Gasteiger partial charge is 0.481 e. The van der Waals surface area contributed by atoms with Crippen molar-refractivity contribution < 1.29 is 4.74 Å². The second-order valence-corrected chi connectivity index (χ2v) is 2.21. The Kier molecular flexibility index (Phi) is 2.82. The zero-order chi connectivity index (χ0) is 8.97. The van der Waals surface area contributed by atoms with Gasteiger partial charge >= 0.3 is 0 Å². The molecule has 1 aromatic heterocycles. The summed E-state index contributed by atoms with van der Waals surface area (Å²) in [6, 6.07) is 1.64. The first-order valence-electron chi connectivity index (χ1n) is 3.68. The summed E-state index contributed by atoms with van der Waals surface area (Å²) >= 11 is 0. The minimum atomic E-state index is 0.523. The van der Waals surface area contributed by atoms with Crippen molar-refractivity contribution in [2.24, 2.45) is 5.84 Å². The highest BCUT2D eigenvalue weighted by Gasteiger charge is 2.01. The van der Waals surface area contributed by atoms with Gasteiger partial charge < -0.3 is 10.2 Å². The van der Waals surface area contributed by atoms with E-state index < -0.39 is 0 Å². The van der Waals surface area contributed by atoms with Gasteiger partial charge in [-0.15, -0.1) is 0 Å². The van der Waals surface area contributed by atoms with Crippen LogP contribution in [-0.4, -0.2) is 17.1 Å². The molecule has 0 aliphatic carbocycles.